The molecule has 0 aliphatic rings. The van der Waals surface area contributed by atoms with Crippen LogP contribution in [0, 0.1) is 0 Å². The molecule has 0 bridgehead atoms. The Morgan fingerprint density at radius 2 is 0.795 bits per heavy atom. The number of carbonyl (C=O) groups is 2. The third-order valence-electron chi connectivity index (χ3n) is 8.05. The predicted molar refractivity (Wildman–Crippen MR) is 181 cm³/mol. The quantitative estimate of drug-likeness (QED) is 0.0775. The molecule has 44 heavy (non-hydrogen) atoms. The Labute approximate surface area is 269 Å². The molecular weight excluding hydrogens is 554 g/mol. The van der Waals surface area contributed by atoms with Crippen LogP contribution in [0.5, 0.6) is 11.5 Å². The molecule has 7 nitrogen and oxygen atoms in total. The maximum atomic E-state index is 10.5. The molecule has 0 heterocycles. The van der Waals surface area contributed by atoms with Gasteiger partial charge in [0.1, 0.15) is 11.5 Å². The first-order valence-electron chi connectivity index (χ1n) is 17.8. The fourth-order valence-electron chi connectivity index (χ4n) is 5.57. The molecule has 0 aliphatic carbocycles. The number of benzene rings is 1. The van der Waals surface area contributed by atoms with E-state index >= 15 is 0 Å². The molecule has 0 aliphatic heterocycles. The summed E-state index contributed by atoms with van der Waals surface area (Å²) in [6, 6.07) is 6.33. The number of hydrogen-bond acceptors (Lipinski definition) is 5. The first-order valence-corrected chi connectivity index (χ1v) is 17.8. The smallest absolute Gasteiger partial charge is 0.303 e. The van der Waals surface area contributed by atoms with E-state index in [0.29, 0.717) is 12.8 Å². The normalized spacial score (nSPS) is 11.2. The lowest BCUT2D eigenvalue weighted by Gasteiger charge is -2.15. The molecule has 7 heteroatoms. The number of nitrogens with zero attached hydrogens (tertiary/aromatic N) is 1. The van der Waals surface area contributed by atoms with Crippen LogP contribution in [0.2, 0.25) is 0 Å². The van der Waals surface area contributed by atoms with Crippen molar-refractivity contribution in [3.63, 3.8) is 0 Å². The minimum atomic E-state index is -0.677. The van der Waals surface area contributed by atoms with Crippen molar-refractivity contribution in [2.75, 3.05) is 27.3 Å². The van der Waals surface area contributed by atoms with Gasteiger partial charge >= 0.3 is 11.9 Å². The van der Waals surface area contributed by atoms with Gasteiger partial charge in [-0.3, -0.25) is 9.59 Å². The number of unbranched alkanes of at least 4 members (excludes halogenated alkanes) is 20. The first-order chi connectivity index (χ1) is 21.4. The minimum absolute atomic E-state index is 0.310. The largest absolute Gasteiger partial charge is 0.493 e. The molecule has 254 valence electrons. The van der Waals surface area contributed by atoms with Gasteiger partial charge in [-0.1, -0.05) is 116 Å². The highest BCUT2D eigenvalue weighted by Gasteiger charge is 2.06. The van der Waals surface area contributed by atoms with E-state index in [4.69, 9.17) is 19.7 Å². The molecule has 0 spiro atoms. The summed E-state index contributed by atoms with van der Waals surface area (Å²) in [5.74, 6) is 0.459. The minimum Gasteiger partial charge on any atom is -0.493 e. The Morgan fingerprint density at radius 1 is 0.500 bits per heavy atom. The van der Waals surface area contributed by atoms with E-state index in [1.807, 2.05) is 6.07 Å². The summed E-state index contributed by atoms with van der Waals surface area (Å²) in [6.07, 6.45) is 26.5. The van der Waals surface area contributed by atoms with Gasteiger partial charge in [-0.05, 0) is 57.5 Å². The maximum absolute atomic E-state index is 10.5. The van der Waals surface area contributed by atoms with E-state index < -0.39 is 11.9 Å². The summed E-state index contributed by atoms with van der Waals surface area (Å²) in [6.45, 7) is 2.34. The van der Waals surface area contributed by atoms with Crippen molar-refractivity contribution >= 4 is 11.9 Å². The number of carboxylic acids is 2. The third-order valence-corrected chi connectivity index (χ3v) is 8.05. The van der Waals surface area contributed by atoms with Crippen LogP contribution in [0.25, 0.3) is 0 Å². The topological polar surface area (TPSA) is 96.3 Å². The Balaban J connectivity index is 2.11. The molecule has 0 unspecified atom stereocenters. The van der Waals surface area contributed by atoms with Crippen molar-refractivity contribution in [1.29, 1.82) is 0 Å². The average molecular weight is 620 g/mol. The summed E-state index contributed by atoms with van der Waals surface area (Å²) in [4.78, 5) is 23.2. The highest BCUT2D eigenvalue weighted by atomic mass is 16.5. The second-order valence-electron chi connectivity index (χ2n) is 12.8. The van der Waals surface area contributed by atoms with Gasteiger partial charge in [0, 0.05) is 25.5 Å². The van der Waals surface area contributed by atoms with Crippen molar-refractivity contribution in [2.45, 2.75) is 161 Å². The molecule has 0 atom stereocenters. The lowest BCUT2D eigenvalue weighted by Crippen LogP contribution is -2.11. The Kier molecular flexibility index (Phi) is 25.5. The van der Waals surface area contributed by atoms with Crippen molar-refractivity contribution in [3.05, 3.63) is 23.8 Å². The van der Waals surface area contributed by atoms with Gasteiger partial charge in [0.15, 0.2) is 0 Å². The van der Waals surface area contributed by atoms with E-state index in [9.17, 15) is 9.59 Å². The average Bonchev–Trinajstić information content (AvgIpc) is 2.96. The third kappa shape index (κ3) is 26.2. The summed E-state index contributed by atoms with van der Waals surface area (Å²) in [5, 5.41) is 17.3. The lowest BCUT2D eigenvalue weighted by molar-refractivity contribution is -0.138. The fraction of sp³-hybridized carbons (Fsp3) is 0.784. The first kappa shape index (κ1) is 39.7. The van der Waals surface area contributed by atoms with E-state index in [1.54, 1.807) is 0 Å². The summed E-state index contributed by atoms with van der Waals surface area (Å²) >= 11 is 0. The van der Waals surface area contributed by atoms with Gasteiger partial charge in [-0.25, -0.2) is 0 Å². The zero-order valence-corrected chi connectivity index (χ0v) is 28.3. The van der Waals surface area contributed by atoms with Crippen molar-refractivity contribution < 1.29 is 29.3 Å². The SMILES string of the molecule is CN(C)Cc1cc(OCCCCCCCCCCCCCC(=O)O)cc(OCCCCCCCCCCCCCC(=O)O)c1. The van der Waals surface area contributed by atoms with Crippen molar-refractivity contribution in [2.24, 2.45) is 0 Å². The lowest BCUT2D eigenvalue weighted by atomic mass is 10.1. The molecule has 0 saturated carbocycles. The second kappa shape index (κ2) is 28.2. The van der Waals surface area contributed by atoms with Crippen LogP contribution in [0.15, 0.2) is 18.2 Å². The van der Waals surface area contributed by atoms with Crippen LogP contribution in [0.1, 0.15) is 160 Å². The van der Waals surface area contributed by atoms with Crippen molar-refractivity contribution in [3.8, 4) is 11.5 Å². The van der Waals surface area contributed by atoms with Crippen LogP contribution < -0.4 is 9.47 Å². The van der Waals surface area contributed by atoms with Gasteiger partial charge in [0.05, 0.1) is 13.2 Å². The second-order valence-corrected chi connectivity index (χ2v) is 12.8. The molecule has 0 saturated heterocycles. The highest BCUT2D eigenvalue weighted by Crippen LogP contribution is 2.25. The number of rotatable bonds is 32. The van der Waals surface area contributed by atoms with Crippen LogP contribution in [0.3, 0.4) is 0 Å². The summed E-state index contributed by atoms with van der Waals surface area (Å²) in [5.41, 5.74) is 1.21. The molecule has 1 aromatic carbocycles. The van der Waals surface area contributed by atoms with Crippen LogP contribution in [-0.2, 0) is 16.1 Å². The van der Waals surface area contributed by atoms with Crippen LogP contribution >= 0.6 is 0 Å². The number of carboxylic acid groups (broad SMARTS) is 2. The highest BCUT2D eigenvalue weighted by molar-refractivity contribution is 5.66. The van der Waals surface area contributed by atoms with Gasteiger partial charge in [-0.15, -0.1) is 0 Å². The monoisotopic (exact) mass is 619 g/mol. The fourth-order valence-corrected chi connectivity index (χ4v) is 5.57. The Hall–Kier alpha value is -2.28. The van der Waals surface area contributed by atoms with Crippen LogP contribution in [0.4, 0.5) is 0 Å². The van der Waals surface area contributed by atoms with Crippen molar-refractivity contribution in [1.82, 2.24) is 4.90 Å². The van der Waals surface area contributed by atoms with E-state index in [1.165, 1.54) is 95.5 Å². The molecule has 0 amide bonds. The molecule has 0 radical (unpaired) electrons. The Morgan fingerprint density at radius 3 is 1.09 bits per heavy atom. The van der Waals surface area contributed by atoms with Crippen LogP contribution in [-0.4, -0.2) is 54.4 Å². The summed E-state index contributed by atoms with van der Waals surface area (Å²) < 4.78 is 12.3. The molecule has 1 rings (SSSR count). The standard InChI is InChI=1S/C37H65NO6/c1-38(2)32-33-29-34(43-27-23-19-15-11-7-3-5-9-13-17-21-25-36(39)40)31-35(30-33)44-28-24-20-16-12-8-4-6-10-14-18-22-26-37(41)42/h29-31H,3-28,32H2,1-2H3,(H,39,40)(H,41,42). The Bertz CT molecular complexity index is 783. The maximum Gasteiger partial charge on any atom is 0.303 e. The van der Waals surface area contributed by atoms with Gasteiger partial charge in [-0.2, -0.15) is 0 Å². The number of hydrogen-bond donors (Lipinski definition) is 2. The zero-order valence-electron chi connectivity index (χ0n) is 28.3. The van der Waals surface area contributed by atoms with Gasteiger partial charge in [0.25, 0.3) is 0 Å². The number of aliphatic carboxylic acids is 2. The van der Waals surface area contributed by atoms with E-state index in [2.05, 4.69) is 31.1 Å². The van der Waals surface area contributed by atoms with E-state index in [-0.39, 0.29) is 0 Å². The molecule has 1 aromatic rings. The molecule has 0 aromatic heterocycles. The van der Waals surface area contributed by atoms with E-state index in [0.717, 1.165) is 82.6 Å². The summed E-state index contributed by atoms with van der Waals surface area (Å²) in [7, 11) is 4.16. The zero-order chi connectivity index (χ0) is 32.1. The van der Waals surface area contributed by atoms with Gasteiger partial charge < -0.3 is 24.6 Å². The molecular formula is C37H65NO6. The van der Waals surface area contributed by atoms with Gasteiger partial charge in [0.2, 0.25) is 0 Å². The number of ether oxygens (including phenoxy) is 2. The molecule has 2 N–H and O–H groups in total. The predicted octanol–water partition coefficient (Wildman–Crippen LogP) is 10.0. The molecule has 0 fully saturated rings.